The maximum absolute atomic E-state index is 12.9. The minimum atomic E-state index is -3.57. The number of hydrogen-bond donors (Lipinski definition) is 0. The van der Waals surface area contributed by atoms with E-state index in [-0.39, 0.29) is 4.90 Å². The zero-order valence-electron chi connectivity index (χ0n) is 12.7. The van der Waals surface area contributed by atoms with E-state index in [9.17, 15) is 8.42 Å². The van der Waals surface area contributed by atoms with Crippen LogP contribution in [-0.4, -0.2) is 29.5 Å². The Morgan fingerprint density at radius 1 is 1.12 bits per heavy atom. The van der Waals surface area contributed by atoms with Crippen LogP contribution in [0, 0.1) is 0 Å². The molecule has 0 saturated carbocycles. The molecule has 2 aromatic heterocycles. The third-order valence-electron chi connectivity index (χ3n) is 4.01. The Morgan fingerprint density at radius 3 is 2.71 bits per heavy atom. The van der Waals surface area contributed by atoms with Crippen LogP contribution in [0.3, 0.4) is 0 Å². The third-order valence-corrected chi connectivity index (χ3v) is 6.79. The van der Waals surface area contributed by atoms with Crippen molar-refractivity contribution in [1.29, 1.82) is 0 Å². The molecule has 1 aliphatic heterocycles. The Bertz CT molecular complexity index is 921. The topological polar surface area (TPSA) is 76.3 Å². The minimum Gasteiger partial charge on any atom is -0.418 e. The summed E-state index contributed by atoms with van der Waals surface area (Å²) >= 11 is 1.51. The first-order chi connectivity index (χ1) is 11.7. The first-order valence-corrected chi connectivity index (χ1v) is 9.92. The summed E-state index contributed by atoms with van der Waals surface area (Å²) in [6.07, 6.45) is 1.45. The van der Waals surface area contributed by atoms with Gasteiger partial charge >= 0.3 is 0 Å². The molecule has 3 aromatic rings. The summed E-state index contributed by atoms with van der Waals surface area (Å²) in [6.45, 7) is 0.457. The van der Waals surface area contributed by atoms with E-state index in [2.05, 4.69) is 10.2 Å². The molecule has 0 spiro atoms. The number of benzene rings is 1. The highest BCUT2D eigenvalue weighted by Gasteiger charge is 2.39. The molecule has 1 aromatic carbocycles. The van der Waals surface area contributed by atoms with Gasteiger partial charge in [-0.1, -0.05) is 24.3 Å². The SMILES string of the molecule is O=S(=O)(c1ccccc1)N1CCCC1c1nnc(-c2cccs2)o1. The van der Waals surface area contributed by atoms with E-state index in [4.69, 9.17) is 4.42 Å². The van der Waals surface area contributed by atoms with Gasteiger partial charge in [-0.05, 0) is 36.4 Å². The number of thiophene rings is 1. The molecule has 1 fully saturated rings. The Morgan fingerprint density at radius 2 is 1.96 bits per heavy atom. The van der Waals surface area contributed by atoms with Gasteiger partial charge < -0.3 is 4.42 Å². The molecule has 0 N–H and O–H groups in total. The Hall–Kier alpha value is -2.03. The van der Waals surface area contributed by atoms with Gasteiger partial charge in [0, 0.05) is 6.54 Å². The molecule has 3 heterocycles. The third kappa shape index (κ3) is 2.66. The molecule has 1 atom stereocenters. The zero-order chi connectivity index (χ0) is 16.6. The lowest BCUT2D eigenvalue weighted by atomic mass is 10.2. The molecule has 124 valence electrons. The maximum Gasteiger partial charge on any atom is 0.257 e. The Kier molecular flexibility index (Phi) is 3.95. The monoisotopic (exact) mass is 361 g/mol. The molecule has 6 nitrogen and oxygen atoms in total. The van der Waals surface area contributed by atoms with Gasteiger partial charge in [0.1, 0.15) is 6.04 Å². The summed E-state index contributed by atoms with van der Waals surface area (Å²) < 4.78 is 33.0. The number of hydrogen-bond acceptors (Lipinski definition) is 6. The van der Waals surface area contributed by atoms with Crippen LogP contribution >= 0.6 is 11.3 Å². The molecule has 0 amide bonds. The average molecular weight is 361 g/mol. The van der Waals surface area contributed by atoms with Gasteiger partial charge in [-0.3, -0.25) is 0 Å². The second-order valence-electron chi connectivity index (χ2n) is 5.51. The molecule has 0 bridgehead atoms. The summed E-state index contributed by atoms with van der Waals surface area (Å²) in [4.78, 5) is 1.17. The van der Waals surface area contributed by atoms with Crippen molar-refractivity contribution >= 4 is 21.4 Å². The second-order valence-corrected chi connectivity index (χ2v) is 8.35. The highest BCUT2D eigenvalue weighted by molar-refractivity contribution is 7.89. The van der Waals surface area contributed by atoms with E-state index in [1.54, 1.807) is 30.3 Å². The van der Waals surface area contributed by atoms with Crippen molar-refractivity contribution in [3.8, 4) is 10.8 Å². The fraction of sp³-hybridized carbons (Fsp3) is 0.250. The van der Waals surface area contributed by atoms with Crippen LogP contribution in [0.4, 0.5) is 0 Å². The predicted octanol–water partition coefficient (Wildman–Crippen LogP) is 3.32. The molecule has 1 aliphatic rings. The van der Waals surface area contributed by atoms with Crippen molar-refractivity contribution in [2.75, 3.05) is 6.54 Å². The molecule has 24 heavy (non-hydrogen) atoms. The normalized spacial score (nSPS) is 18.9. The summed E-state index contributed by atoms with van der Waals surface area (Å²) in [5, 5.41) is 10.1. The lowest BCUT2D eigenvalue weighted by Gasteiger charge is -2.21. The largest absolute Gasteiger partial charge is 0.418 e. The van der Waals surface area contributed by atoms with Crippen LogP contribution in [0.1, 0.15) is 24.8 Å². The van der Waals surface area contributed by atoms with Gasteiger partial charge in [0.05, 0.1) is 9.77 Å². The quantitative estimate of drug-likeness (QED) is 0.712. The summed E-state index contributed by atoms with van der Waals surface area (Å²) in [6, 6.07) is 11.9. The molecule has 1 unspecified atom stereocenters. The van der Waals surface area contributed by atoms with E-state index in [1.165, 1.54) is 15.6 Å². The van der Waals surface area contributed by atoms with Crippen LogP contribution in [0.2, 0.25) is 0 Å². The van der Waals surface area contributed by atoms with Crippen molar-refractivity contribution in [1.82, 2.24) is 14.5 Å². The first-order valence-electron chi connectivity index (χ1n) is 7.60. The van der Waals surface area contributed by atoms with Crippen LogP contribution in [0.15, 0.2) is 57.2 Å². The van der Waals surface area contributed by atoms with Gasteiger partial charge in [0.2, 0.25) is 15.9 Å². The van der Waals surface area contributed by atoms with E-state index in [1.807, 2.05) is 17.5 Å². The summed E-state index contributed by atoms with van der Waals surface area (Å²) in [5.41, 5.74) is 0. The van der Waals surface area contributed by atoms with Crippen LogP contribution in [0.5, 0.6) is 0 Å². The number of sulfonamides is 1. The highest BCUT2D eigenvalue weighted by Crippen LogP contribution is 2.37. The van der Waals surface area contributed by atoms with Crippen LogP contribution < -0.4 is 0 Å². The van der Waals surface area contributed by atoms with Gasteiger partial charge in [-0.15, -0.1) is 21.5 Å². The van der Waals surface area contributed by atoms with Crippen molar-refractivity contribution in [2.24, 2.45) is 0 Å². The van der Waals surface area contributed by atoms with E-state index >= 15 is 0 Å². The molecule has 0 aliphatic carbocycles. The van der Waals surface area contributed by atoms with Gasteiger partial charge in [-0.2, -0.15) is 4.31 Å². The minimum absolute atomic E-state index is 0.287. The van der Waals surface area contributed by atoms with Crippen LogP contribution in [0.25, 0.3) is 10.8 Å². The van der Waals surface area contributed by atoms with Gasteiger partial charge in [-0.25, -0.2) is 8.42 Å². The van der Waals surface area contributed by atoms with E-state index in [0.717, 1.165) is 11.3 Å². The molecule has 0 radical (unpaired) electrons. The maximum atomic E-state index is 12.9. The standard InChI is InChI=1S/C16H15N3O3S2/c20-24(21,12-6-2-1-3-7-12)19-10-4-8-13(19)15-17-18-16(22-15)14-9-5-11-23-14/h1-3,5-7,9,11,13H,4,8,10H2. The van der Waals surface area contributed by atoms with E-state index < -0.39 is 16.1 Å². The van der Waals surface area contributed by atoms with Crippen molar-refractivity contribution in [3.63, 3.8) is 0 Å². The smallest absolute Gasteiger partial charge is 0.257 e. The van der Waals surface area contributed by atoms with Crippen molar-refractivity contribution in [3.05, 3.63) is 53.7 Å². The Labute approximate surface area is 143 Å². The lowest BCUT2D eigenvalue weighted by molar-refractivity contribution is 0.332. The predicted molar refractivity (Wildman–Crippen MR) is 89.9 cm³/mol. The van der Waals surface area contributed by atoms with Crippen LogP contribution in [-0.2, 0) is 10.0 Å². The summed E-state index contributed by atoms with van der Waals surface area (Å²) in [5.74, 6) is 0.791. The fourth-order valence-corrected chi connectivity index (χ4v) is 5.19. The molecule has 1 saturated heterocycles. The molecular weight excluding hydrogens is 346 g/mol. The first kappa shape index (κ1) is 15.5. The zero-order valence-corrected chi connectivity index (χ0v) is 14.3. The second kappa shape index (κ2) is 6.12. The molecular formula is C16H15N3O3S2. The Balaban J connectivity index is 1.66. The average Bonchev–Trinajstić information content (AvgIpc) is 3.34. The van der Waals surface area contributed by atoms with E-state index in [0.29, 0.717) is 24.7 Å². The van der Waals surface area contributed by atoms with Crippen molar-refractivity contribution < 1.29 is 12.8 Å². The number of aromatic nitrogens is 2. The number of rotatable bonds is 4. The van der Waals surface area contributed by atoms with Crippen molar-refractivity contribution in [2.45, 2.75) is 23.8 Å². The highest BCUT2D eigenvalue weighted by atomic mass is 32.2. The fourth-order valence-electron chi connectivity index (χ4n) is 2.87. The van der Waals surface area contributed by atoms with Gasteiger partial charge in [0.25, 0.3) is 5.89 Å². The number of nitrogens with zero attached hydrogens (tertiary/aromatic N) is 3. The lowest BCUT2D eigenvalue weighted by Crippen LogP contribution is -2.30. The summed E-state index contributed by atoms with van der Waals surface area (Å²) in [7, 11) is -3.57. The van der Waals surface area contributed by atoms with Gasteiger partial charge in [0.15, 0.2) is 0 Å². The molecule has 8 heteroatoms. The molecule has 4 rings (SSSR count).